The summed E-state index contributed by atoms with van der Waals surface area (Å²) in [6.07, 6.45) is 0. The van der Waals surface area contributed by atoms with E-state index >= 15 is 0 Å². The number of rotatable bonds is 5. The smallest absolute Gasteiger partial charge is 0.253 e. The Morgan fingerprint density at radius 3 is 2.41 bits per heavy atom. The number of carbonyl (C=O) groups excluding carboxylic acids is 1. The van der Waals surface area contributed by atoms with Crippen LogP contribution in [0.15, 0.2) is 22.7 Å². The van der Waals surface area contributed by atoms with Crippen LogP contribution < -0.4 is 4.74 Å². The third kappa shape index (κ3) is 3.46. The summed E-state index contributed by atoms with van der Waals surface area (Å²) in [6, 6.07) is 5.44. The van der Waals surface area contributed by atoms with E-state index in [1.807, 2.05) is 32.9 Å². The number of carbonyl (C=O) groups is 1. The molecule has 0 aliphatic heterocycles. The van der Waals surface area contributed by atoms with Crippen molar-refractivity contribution in [2.24, 2.45) is 0 Å². The normalized spacial score (nSPS) is 10.1. The summed E-state index contributed by atoms with van der Waals surface area (Å²) in [5, 5.41) is 0. The average Bonchev–Trinajstić information content (AvgIpc) is 2.33. The maximum atomic E-state index is 12.1. The molecule has 4 heteroatoms. The van der Waals surface area contributed by atoms with Crippen LogP contribution in [0.3, 0.4) is 0 Å². The molecular weight excluding hydrogens is 282 g/mol. The minimum atomic E-state index is 0.0544. The van der Waals surface area contributed by atoms with Crippen LogP contribution in [0.1, 0.15) is 31.1 Å². The lowest BCUT2D eigenvalue weighted by Crippen LogP contribution is -2.30. The maximum absolute atomic E-state index is 12.1. The van der Waals surface area contributed by atoms with Crippen molar-refractivity contribution in [1.82, 2.24) is 4.90 Å². The predicted molar refractivity (Wildman–Crippen MR) is 72.6 cm³/mol. The van der Waals surface area contributed by atoms with Gasteiger partial charge in [-0.25, -0.2) is 0 Å². The molecule has 1 aromatic rings. The molecule has 3 nitrogen and oxygen atoms in total. The predicted octanol–water partition coefficient (Wildman–Crippen LogP) is 3.33. The van der Waals surface area contributed by atoms with Crippen molar-refractivity contribution in [3.63, 3.8) is 0 Å². The van der Waals surface area contributed by atoms with Gasteiger partial charge in [0.2, 0.25) is 0 Å². The van der Waals surface area contributed by atoms with Crippen molar-refractivity contribution >= 4 is 21.8 Å². The molecule has 0 bridgehead atoms. The van der Waals surface area contributed by atoms with Gasteiger partial charge in [0.25, 0.3) is 5.91 Å². The van der Waals surface area contributed by atoms with Crippen LogP contribution in [0.5, 0.6) is 5.75 Å². The second-order valence-electron chi connectivity index (χ2n) is 3.56. The number of halogens is 1. The van der Waals surface area contributed by atoms with Gasteiger partial charge in [0.1, 0.15) is 5.75 Å². The van der Waals surface area contributed by atoms with E-state index in [9.17, 15) is 4.79 Å². The summed E-state index contributed by atoms with van der Waals surface area (Å²) < 4.78 is 6.23. The Kier molecular flexibility index (Phi) is 5.48. The van der Waals surface area contributed by atoms with Gasteiger partial charge >= 0.3 is 0 Å². The summed E-state index contributed by atoms with van der Waals surface area (Å²) in [7, 11) is 0. The van der Waals surface area contributed by atoms with Gasteiger partial charge in [-0.3, -0.25) is 4.79 Å². The van der Waals surface area contributed by atoms with Crippen LogP contribution in [0.4, 0.5) is 0 Å². The monoisotopic (exact) mass is 299 g/mol. The molecular formula is C13H18BrNO2. The van der Waals surface area contributed by atoms with E-state index in [-0.39, 0.29) is 5.91 Å². The van der Waals surface area contributed by atoms with Crippen LogP contribution in [-0.2, 0) is 0 Å². The van der Waals surface area contributed by atoms with E-state index in [1.165, 1.54) is 0 Å². The fraction of sp³-hybridized carbons (Fsp3) is 0.462. The molecule has 0 aromatic heterocycles. The SMILES string of the molecule is CCOc1ccc(C(=O)N(CC)CC)cc1Br. The third-order valence-corrected chi connectivity index (χ3v) is 3.15. The number of hydrogen-bond acceptors (Lipinski definition) is 2. The Morgan fingerprint density at radius 1 is 1.29 bits per heavy atom. The molecule has 0 saturated heterocycles. The van der Waals surface area contributed by atoms with Gasteiger partial charge in [0.15, 0.2) is 0 Å². The van der Waals surface area contributed by atoms with Crippen molar-refractivity contribution in [3.05, 3.63) is 28.2 Å². The highest BCUT2D eigenvalue weighted by molar-refractivity contribution is 9.10. The molecule has 0 atom stereocenters. The summed E-state index contributed by atoms with van der Waals surface area (Å²) in [5.41, 5.74) is 0.684. The van der Waals surface area contributed by atoms with Crippen LogP contribution >= 0.6 is 15.9 Å². The number of hydrogen-bond donors (Lipinski definition) is 0. The minimum absolute atomic E-state index is 0.0544. The highest BCUT2D eigenvalue weighted by Crippen LogP contribution is 2.26. The Balaban J connectivity index is 2.93. The average molecular weight is 300 g/mol. The molecule has 0 aliphatic carbocycles. The first-order valence-electron chi connectivity index (χ1n) is 5.85. The molecule has 0 aliphatic rings. The molecule has 1 aromatic carbocycles. The lowest BCUT2D eigenvalue weighted by molar-refractivity contribution is 0.0773. The minimum Gasteiger partial charge on any atom is -0.493 e. The zero-order chi connectivity index (χ0) is 12.8. The van der Waals surface area contributed by atoms with E-state index in [1.54, 1.807) is 11.0 Å². The number of ether oxygens (including phenoxy) is 1. The zero-order valence-corrected chi connectivity index (χ0v) is 12.1. The summed E-state index contributed by atoms with van der Waals surface area (Å²) in [5.74, 6) is 0.822. The van der Waals surface area contributed by atoms with Crippen LogP contribution in [0.2, 0.25) is 0 Å². The fourth-order valence-electron chi connectivity index (χ4n) is 1.60. The zero-order valence-electron chi connectivity index (χ0n) is 10.5. The van der Waals surface area contributed by atoms with E-state index in [0.717, 1.165) is 23.3 Å². The van der Waals surface area contributed by atoms with Crippen molar-refractivity contribution < 1.29 is 9.53 Å². The van der Waals surface area contributed by atoms with Gasteiger partial charge in [-0.05, 0) is 54.9 Å². The molecule has 1 rings (SSSR count). The Morgan fingerprint density at radius 2 is 1.94 bits per heavy atom. The van der Waals surface area contributed by atoms with Crippen molar-refractivity contribution in [2.45, 2.75) is 20.8 Å². The molecule has 17 heavy (non-hydrogen) atoms. The molecule has 0 radical (unpaired) electrons. The Hall–Kier alpha value is -1.03. The van der Waals surface area contributed by atoms with Gasteiger partial charge in [-0.2, -0.15) is 0 Å². The first-order chi connectivity index (χ1) is 8.13. The highest BCUT2D eigenvalue weighted by atomic mass is 79.9. The molecule has 0 unspecified atom stereocenters. The van der Waals surface area contributed by atoms with Gasteiger partial charge in [-0.1, -0.05) is 0 Å². The van der Waals surface area contributed by atoms with Gasteiger partial charge in [0, 0.05) is 18.7 Å². The van der Waals surface area contributed by atoms with Crippen molar-refractivity contribution in [3.8, 4) is 5.75 Å². The quantitative estimate of drug-likeness (QED) is 0.835. The molecule has 0 spiro atoms. The largest absolute Gasteiger partial charge is 0.493 e. The first-order valence-corrected chi connectivity index (χ1v) is 6.64. The van der Waals surface area contributed by atoms with Gasteiger partial charge in [-0.15, -0.1) is 0 Å². The van der Waals surface area contributed by atoms with Crippen molar-refractivity contribution in [2.75, 3.05) is 19.7 Å². The van der Waals surface area contributed by atoms with Crippen LogP contribution in [0, 0.1) is 0 Å². The second kappa shape index (κ2) is 6.64. The van der Waals surface area contributed by atoms with Gasteiger partial charge in [0.05, 0.1) is 11.1 Å². The summed E-state index contributed by atoms with van der Waals surface area (Å²) in [6.45, 7) is 7.94. The topological polar surface area (TPSA) is 29.5 Å². The van der Waals surface area contributed by atoms with E-state index < -0.39 is 0 Å². The standard InChI is InChI=1S/C13H18BrNO2/c1-4-15(5-2)13(16)10-7-8-12(17-6-3)11(14)9-10/h7-9H,4-6H2,1-3H3. The van der Waals surface area contributed by atoms with E-state index in [0.29, 0.717) is 12.2 Å². The molecule has 1 amide bonds. The maximum Gasteiger partial charge on any atom is 0.253 e. The van der Waals surface area contributed by atoms with Crippen LogP contribution in [0.25, 0.3) is 0 Å². The van der Waals surface area contributed by atoms with Crippen molar-refractivity contribution in [1.29, 1.82) is 0 Å². The molecule has 0 fully saturated rings. The molecule has 0 saturated carbocycles. The molecule has 0 N–H and O–H groups in total. The Bertz CT molecular complexity index is 389. The van der Waals surface area contributed by atoms with E-state index in [2.05, 4.69) is 15.9 Å². The lowest BCUT2D eigenvalue weighted by Gasteiger charge is -2.19. The summed E-state index contributed by atoms with van der Waals surface area (Å²) in [4.78, 5) is 13.9. The number of benzene rings is 1. The van der Waals surface area contributed by atoms with E-state index in [4.69, 9.17) is 4.74 Å². The first kappa shape index (κ1) is 14.0. The number of nitrogens with zero attached hydrogens (tertiary/aromatic N) is 1. The van der Waals surface area contributed by atoms with Crippen LogP contribution in [-0.4, -0.2) is 30.5 Å². The lowest BCUT2D eigenvalue weighted by atomic mass is 10.2. The Labute approximate surface area is 111 Å². The summed E-state index contributed by atoms with van der Waals surface area (Å²) >= 11 is 3.41. The number of amides is 1. The fourth-order valence-corrected chi connectivity index (χ4v) is 2.09. The molecule has 0 heterocycles. The highest BCUT2D eigenvalue weighted by Gasteiger charge is 2.13. The molecule has 94 valence electrons. The van der Waals surface area contributed by atoms with Gasteiger partial charge < -0.3 is 9.64 Å². The third-order valence-electron chi connectivity index (χ3n) is 2.53. The second-order valence-corrected chi connectivity index (χ2v) is 4.41.